The Morgan fingerprint density at radius 2 is 1.59 bits per heavy atom. The summed E-state index contributed by atoms with van der Waals surface area (Å²) in [5, 5.41) is 10.1. The van der Waals surface area contributed by atoms with Crippen LogP contribution in [-0.2, 0) is 11.3 Å². The lowest BCUT2D eigenvalue weighted by atomic mass is 9.83. The number of carbonyl (C=O) groups excluding carboxylic acids is 3. The molecule has 0 bridgehead atoms. The van der Waals surface area contributed by atoms with E-state index in [9.17, 15) is 19.2 Å². The fourth-order valence-corrected chi connectivity index (χ4v) is 5.31. The van der Waals surface area contributed by atoms with Crippen molar-refractivity contribution in [3.8, 4) is 11.1 Å². The molecule has 0 saturated heterocycles. The van der Waals surface area contributed by atoms with Crippen molar-refractivity contribution < 1.29 is 18.8 Å². The Labute approximate surface area is 240 Å². The number of benzene rings is 2. The molecule has 1 aliphatic carbocycles. The van der Waals surface area contributed by atoms with Gasteiger partial charge in [-0.05, 0) is 54.4 Å². The lowest BCUT2D eigenvalue weighted by molar-refractivity contribution is -0.127. The van der Waals surface area contributed by atoms with E-state index in [1.54, 1.807) is 12.1 Å². The maximum Gasteiger partial charge on any atom is 0.437 e. The fraction of sp³-hybridized carbons (Fsp3) is 0.469. The van der Waals surface area contributed by atoms with Gasteiger partial charge in [-0.25, -0.2) is 4.79 Å². The van der Waals surface area contributed by atoms with E-state index in [-0.39, 0.29) is 35.6 Å². The molecule has 0 unspecified atom stereocenters. The lowest BCUT2D eigenvalue weighted by Crippen LogP contribution is -2.52. The molecule has 0 radical (unpaired) electrons. The molecule has 41 heavy (non-hydrogen) atoms. The maximum atomic E-state index is 13.5. The Morgan fingerprint density at radius 1 is 0.927 bits per heavy atom. The van der Waals surface area contributed by atoms with Gasteiger partial charge in [-0.1, -0.05) is 83.0 Å². The first-order chi connectivity index (χ1) is 19.6. The van der Waals surface area contributed by atoms with Gasteiger partial charge in [0.1, 0.15) is 0 Å². The summed E-state index contributed by atoms with van der Waals surface area (Å²) >= 11 is 0. The molecule has 3 atom stereocenters. The van der Waals surface area contributed by atoms with Crippen LogP contribution in [-0.4, -0.2) is 39.5 Å². The van der Waals surface area contributed by atoms with Crippen LogP contribution in [0.25, 0.3) is 11.1 Å². The third kappa shape index (κ3) is 7.80. The number of ketones is 1. The van der Waals surface area contributed by atoms with Crippen LogP contribution in [0.4, 0.5) is 0 Å². The number of aromatic nitrogens is 2. The standard InChI is InChI=1S/C32H40N4O5/c1-20(2)18-27(28(37)31-35-36(19-21(3)4)32(40)41-31)34-30(39)25-12-8-9-13-26(25)33-29(38)24-16-14-23(15-17-24)22-10-6-5-7-11-22/h5-7,10-11,14-17,20-21,25-27H,8-9,12-13,18-19H2,1-4H3,(H,33,38)(H,34,39)/t25-,26+,27+/m1/s1. The lowest BCUT2D eigenvalue weighted by Gasteiger charge is -2.32. The molecule has 1 heterocycles. The summed E-state index contributed by atoms with van der Waals surface area (Å²) in [7, 11) is 0. The molecule has 3 aromatic rings. The van der Waals surface area contributed by atoms with E-state index in [1.807, 2.05) is 70.2 Å². The van der Waals surface area contributed by atoms with Gasteiger partial charge in [0.25, 0.3) is 11.8 Å². The van der Waals surface area contributed by atoms with Crippen LogP contribution in [0.5, 0.6) is 0 Å². The van der Waals surface area contributed by atoms with Crippen molar-refractivity contribution in [2.75, 3.05) is 0 Å². The monoisotopic (exact) mass is 560 g/mol. The van der Waals surface area contributed by atoms with Crippen molar-refractivity contribution in [1.29, 1.82) is 0 Å². The minimum absolute atomic E-state index is 0.0921. The molecule has 0 aliphatic heterocycles. The van der Waals surface area contributed by atoms with Gasteiger partial charge in [0.2, 0.25) is 11.7 Å². The van der Waals surface area contributed by atoms with Crippen molar-refractivity contribution in [3.05, 3.63) is 76.6 Å². The van der Waals surface area contributed by atoms with E-state index in [2.05, 4.69) is 15.7 Å². The number of hydrogen-bond donors (Lipinski definition) is 2. The van der Waals surface area contributed by atoms with Crippen LogP contribution >= 0.6 is 0 Å². The fourth-order valence-electron chi connectivity index (χ4n) is 5.31. The summed E-state index contributed by atoms with van der Waals surface area (Å²) in [6, 6.07) is 16.1. The Balaban J connectivity index is 1.45. The predicted octanol–water partition coefficient (Wildman–Crippen LogP) is 4.86. The van der Waals surface area contributed by atoms with Crippen LogP contribution in [0.15, 0.2) is 63.8 Å². The highest BCUT2D eigenvalue weighted by Gasteiger charge is 2.35. The van der Waals surface area contributed by atoms with Crippen LogP contribution < -0.4 is 16.4 Å². The van der Waals surface area contributed by atoms with Crippen molar-refractivity contribution in [1.82, 2.24) is 20.4 Å². The Kier molecular flexibility index (Phi) is 9.91. The first-order valence-electron chi connectivity index (χ1n) is 14.5. The number of nitrogens with one attached hydrogen (secondary N) is 2. The number of rotatable bonds is 11. The van der Waals surface area contributed by atoms with Gasteiger partial charge >= 0.3 is 5.76 Å². The summed E-state index contributed by atoms with van der Waals surface area (Å²) in [6.45, 7) is 8.10. The van der Waals surface area contributed by atoms with Gasteiger partial charge < -0.3 is 15.1 Å². The summed E-state index contributed by atoms with van der Waals surface area (Å²) in [5.41, 5.74) is 2.61. The molecule has 1 fully saturated rings. The molecule has 4 rings (SSSR count). The van der Waals surface area contributed by atoms with Gasteiger partial charge in [0, 0.05) is 11.6 Å². The first kappa shape index (κ1) is 30.0. The Bertz CT molecular complexity index is 1390. The third-order valence-corrected chi connectivity index (χ3v) is 7.37. The molecule has 0 spiro atoms. The molecule has 1 saturated carbocycles. The van der Waals surface area contributed by atoms with Crippen LogP contribution in [0.3, 0.4) is 0 Å². The minimum Gasteiger partial charge on any atom is -0.384 e. The summed E-state index contributed by atoms with van der Waals surface area (Å²) in [5.74, 6) is -2.29. The number of amides is 2. The van der Waals surface area contributed by atoms with E-state index in [1.165, 1.54) is 0 Å². The quantitative estimate of drug-likeness (QED) is 0.323. The zero-order chi connectivity index (χ0) is 29.5. The highest BCUT2D eigenvalue weighted by atomic mass is 16.4. The number of carbonyl (C=O) groups is 3. The summed E-state index contributed by atoms with van der Waals surface area (Å²) in [6.07, 6.45) is 3.39. The zero-order valence-electron chi connectivity index (χ0n) is 24.3. The zero-order valence-corrected chi connectivity index (χ0v) is 24.3. The molecule has 1 aliphatic rings. The highest BCUT2D eigenvalue weighted by molar-refractivity contribution is 5.99. The summed E-state index contributed by atoms with van der Waals surface area (Å²) < 4.78 is 6.31. The van der Waals surface area contributed by atoms with E-state index < -0.39 is 23.5 Å². The second-order valence-electron chi connectivity index (χ2n) is 11.7. The van der Waals surface area contributed by atoms with Crippen molar-refractivity contribution in [2.24, 2.45) is 17.8 Å². The SMILES string of the molecule is CC(C)C[C@H](NC(=O)[C@@H]1CCCC[C@@H]1NC(=O)c1ccc(-c2ccccc2)cc1)C(=O)c1nn(CC(C)C)c(=O)o1. The average Bonchev–Trinajstić information content (AvgIpc) is 3.31. The van der Waals surface area contributed by atoms with Crippen molar-refractivity contribution in [2.45, 2.75) is 78.4 Å². The van der Waals surface area contributed by atoms with Gasteiger partial charge in [-0.15, -0.1) is 5.10 Å². The smallest absolute Gasteiger partial charge is 0.384 e. The van der Waals surface area contributed by atoms with Gasteiger partial charge in [0.05, 0.1) is 18.5 Å². The van der Waals surface area contributed by atoms with Crippen molar-refractivity contribution >= 4 is 17.6 Å². The highest BCUT2D eigenvalue weighted by Crippen LogP contribution is 2.26. The molecule has 2 aromatic carbocycles. The minimum atomic E-state index is -0.892. The van der Waals surface area contributed by atoms with E-state index in [4.69, 9.17) is 4.42 Å². The van der Waals surface area contributed by atoms with E-state index >= 15 is 0 Å². The van der Waals surface area contributed by atoms with Gasteiger partial charge in [-0.2, -0.15) is 4.68 Å². The number of Topliss-reactive ketones (excluding diaryl/α,β-unsaturated/α-hetero) is 1. The van der Waals surface area contributed by atoms with E-state index in [0.29, 0.717) is 31.4 Å². The van der Waals surface area contributed by atoms with Gasteiger partial charge in [-0.3, -0.25) is 14.4 Å². The van der Waals surface area contributed by atoms with E-state index in [0.717, 1.165) is 28.7 Å². The Hall–Kier alpha value is -4.01. The largest absolute Gasteiger partial charge is 0.437 e. The van der Waals surface area contributed by atoms with Crippen LogP contribution in [0.2, 0.25) is 0 Å². The molecular weight excluding hydrogens is 520 g/mol. The Morgan fingerprint density at radius 3 is 2.24 bits per heavy atom. The first-order valence-corrected chi connectivity index (χ1v) is 14.5. The van der Waals surface area contributed by atoms with Crippen LogP contribution in [0.1, 0.15) is 80.8 Å². The number of nitrogens with zero attached hydrogens (tertiary/aromatic N) is 2. The van der Waals surface area contributed by atoms with Crippen molar-refractivity contribution in [3.63, 3.8) is 0 Å². The molecular formula is C32H40N4O5. The van der Waals surface area contributed by atoms with Crippen LogP contribution in [0, 0.1) is 17.8 Å². The average molecular weight is 561 g/mol. The normalized spacial score (nSPS) is 17.8. The second kappa shape index (κ2) is 13.6. The molecule has 218 valence electrons. The molecule has 9 nitrogen and oxygen atoms in total. The molecule has 2 amide bonds. The van der Waals surface area contributed by atoms with Gasteiger partial charge in [0.15, 0.2) is 0 Å². The second-order valence-corrected chi connectivity index (χ2v) is 11.7. The number of hydrogen-bond acceptors (Lipinski definition) is 6. The molecule has 9 heteroatoms. The topological polar surface area (TPSA) is 123 Å². The molecule has 1 aromatic heterocycles. The molecule has 2 N–H and O–H groups in total. The summed E-state index contributed by atoms with van der Waals surface area (Å²) in [4.78, 5) is 52.2. The third-order valence-electron chi connectivity index (χ3n) is 7.37. The predicted molar refractivity (Wildman–Crippen MR) is 156 cm³/mol. The maximum absolute atomic E-state index is 13.5.